The molecule has 1 aromatic heterocycles. The number of carbonyl (C=O) groups is 3. The molecule has 0 bridgehead atoms. The number of amides is 2. The Morgan fingerprint density at radius 3 is 2.64 bits per heavy atom. The average Bonchev–Trinajstić information content (AvgIpc) is 3.05. The van der Waals surface area contributed by atoms with E-state index in [1.54, 1.807) is 6.92 Å². The summed E-state index contributed by atoms with van der Waals surface area (Å²) in [6.45, 7) is 1.18. The van der Waals surface area contributed by atoms with Gasteiger partial charge in [0.2, 0.25) is 5.91 Å². The zero-order valence-electron chi connectivity index (χ0n) is 15.0. The Labute approximate surface area is 159 Å². The van der Waals surface area contributed by atoms with E-state index in [2.05, 4.69) is 15.8 Å². The van der Waals surface area contributed by atoms with E-state index in [1.165, 1.54) is 30.3 Å². The van der Waals surface area contributed by atoms with Crippen LogP contribution in [0.5, 0.6) is 0 Å². The number of hydrogen-bond acceptors (Lipinski definition) is 8. The Hall–Kier alpha value is -3.76. The zero-order valence-corrected chi connectivity index (χ0v) is 15.0. The summed E-state index contributed by atoms with van der Waals surface area (Å²) in [5.41, 5.74) is 0.155. The molecule has 0 spiro atoms. The maximum Gasteiger partial charge on any atom is 0.306 e. The van der Waals surface area contributed by atoms with Crippen LogP contribution in [-0.2, 0) is 19.1 Å². The Kier molecular flexibility index (Phi) is 7.20. The predicted molar refractivity (Wildman–Crippen MR) is 96.4 cm³/mol. The maximum atomic E-state index is 11.8. The molecule has 2 N–H and O–H groups in total. The second kappa shape index (κ2) is 9.80. The Balaban J connectivity index is 1.64. The van der Waals surface area contributed by atoms with Gasteiger partial charge in [-0.2, -0.15) is 0 Å². The first-order valence-electron chi connectivity index (χ1n) is 8.26. The molecule has 0 aliphatic heterocycles. The fraction of sp³-hybridized carbons (Fsp3) is 0.294. The van der Waals surface area contributed by atoms with E-state index < -0.39 is 29.3 Å². The Bertz CT molecular complexity index is 878. The van der Waals surface area contributed by atoms with Gasteiger partial charge in [-0.15, -0.1) is 0 Å². The molecule has 1 heterocycles. The highest BCUT2D eigenvalue weighted by molar-refractivity contribution is 5.92. The molecule has 0 saturated carbocycles. The van der Waals surface area contributed by atoms with Crippen LogP contribution in [0, 0.1) is 17.0 Å². The van der Waals surface area contributed by atoms with Gasteiger partial charge in [0.15, 0.2) is 12.4 Å². The first-order chi connectivity index (χ1) is 13.3. The second-order valence-corrected chi connectivity index (χ2v) is 5.74. The van der Waals surface area contributed by atoms with Crippen molar-refractivity contribution < 1.29 is 28.6 Å². The van der Waals surface area contributed by atoms with Crippen molar-refractivity contribution in [2.75, 3.05) is 17.2 Å². The molecule has 28 heavy (non-hydrogen) atoms. The number of esters is 1. The monoisotopic (exact) mass is 390 g/mol. The standard InChI is InChI=1S/C17H18N4O7/c1-11-8-14(20-28-11)19-16(23)10-27-17(24)7-3-6-15(22)18-12-4-2-5-13(9-12)21(25)26/h2,4-5,8-9H,3,6-7,10H2,1H3,(H,18,22)(H,19,20,23). The smallest absolute Gasteiger partial charge is 0.306 e. The van der Waals surface area contributed by atoms with E-state index in [9.17, 15) is 24.5 Å². The van der Waals surface area contributed by atoms with Crippen LogP contribution < -0.4 is 10.6 Å². The number of nitrogens with one attached hydrogen (secondary N) is 2. The number of benzene rings is 1. The number of carbonyl (C=O) groups excluding carboxylic acids is 3. The number of aryl methyl sites for hydroxylation is 1. The van der Waals surface area contributed by atoms with Crippen LogP contribution in [0.15, 0.2) is 34.9 Å². The molecule has 11 heteroatoms. The average molecular weight is 390 g/mol. The lowest BCUT2D eigenvalue weighted by molar-refractivity contribution is -0.384. The molecule has 2 amide bonds. The van der Waals surface area contributed by atoms with Crippen molar-refractivity contribution in [1.82, 2.24) is 5.16 Å². The summed E-state index contributed by atoms with van der Waals surface area (Å²) in [6, 6.07) is 7.04. The molecule has 0 radical (unpaired) electrons. The number of non-ortho nitro benzene ring substituents is 1. The first kappa shape index (κ1) is 20.6. The number of ether oxygens (including phenoxy) is 1. The fourth-order valence-corrected chi connectivity index (χ4v) is 2.14. The number of nitro groups is 1. The zero-order chi connectivity index (χ0) is 20.5. The number of aromatic nitrogens is 1. The highest BCUT2D eigenvalue weighted by Crippen LogP contribution is 2.17. The van der Waals surface area contributed by atoms with Crippen molar-refractivity contribution in [1.29, 1.82) is 0 Å². The number of nitro benzene ring substituents is 1. The van der Waals surface area contributed by atoms with Crippen molar-refractivity contribution in [3.8, 4) is 0 Å². The SMILES string of the molecule is Cc1cc(NC(=O)COC(=O)CCCC(=O)Nc2cccc([N+](=O)[O-])c2)no1. The van der Waals surface area contributed by atoms with Crippen molar-refractivity contribution in [2.24, 2.45) is 0 Å². The van der Waals surface area contributed by atoms with Crippen LogP contribution in [0.25, 0.3) is 0 Å². The normalized spacial score (nSPS) is 10.2. The number of nitrogens with zero attached hydrogens (tertiary/aromatic N) is 2. The van der Waals surface area contributed by atoms with Gasteiger partial charge in [0.25, 0.3) is 11.6 Å². The molecule has 0 aliphatic rings. The summed E-state index contributed by atoms with van der Waals surface area (Å²) in [5.74, 6) is -0.848. The lowest BCUT2D eigenvalue weighted by atomic mass is 10.2. The third-order valence-corrected chi connectivity index (χ3v) is 3.39. The molecule has 0 aliphatic carbocycles. The van der Waals surface area contributed by atoms with Crippen LogP contribution in [0.3, 0.4) is 0 Å². The van der Waals surface area contributed by atoms with E-state index in [4.69, 9.17) is 9.26 Å². The van der Waals surface area contributed by atoms with Crippen LogP contribution in [-0.4, -0.2) is 34.5 Å². The van der Waals surface area contributed by atoms with Crippen LogP contribution in [0.1, 0.15) is 25.0 Å². The van der Waals surface area contributed by atoms with Gasteiger partial charge in [0.1, 0.15) is 5.76 Å². The van der Waals surface area contributed by atoms with Gasteiger partial charge in [-0.1, -0.05) is 11.2 Å². The highest BCUT2D eigenvalue weighted by atomic mass is 16.6. The summed E-state index contributed by atoms with van der Waals surface area (Å²) in [5, 5.41) is 19.2. The lowest BCUT2D eigenvalue weighted by Crippen LogP contribution is -2.21. The number of anilines is 2. The Morgan fingerprint density at radius 2 is 1.96 bits per heavy atom. The minimum atomic E-state index is -0.630. The van der Waals surface area contributed by atoms with E-state index in [1.807, 2.05) is 0 Å². The highest BCUT2D eigenvalue weighted by Gasteiger charge is 2.12. The van der Waals surface area contributed by atoms with Crippen molar-refractivity contribution in [3.63, 3.8) is 0 Å². The molecule has 1 aromatic carbocycles. The van der Waals surface area contributed by atoms with Crippen LogP contribution in [0.4, 0.5) is 17.2 Å². The third kappa shape index (κ3) is 6.86. The molecule has 0 atom stereocenters. The van der Waals surface area contributed by atoms with Gasteiger partial charge in [-0.25, -0.2) is 0 Å². The summed E-state index contributed by atoms with van der Waals surface area (Å²) < 4.78 is 9.59. The molecule has 2 aromatic rings. The van der Waals surface area contributed by atoms with Gasteiger partial charge in [-0.3, -0.25) is 24.5 Å². The summed E-state index contributed by atoms with van der Waals surface area (Å²) in [7, 11) is 0. The maximum absolute atomic E-state index is 11.8. The molecule has 0 unspecified atom stereocenters. The summed E-state index contributed by atoms with van der Waals surface area (Å²) >= 11 is 0. The lowest BCUT2D eigenvalue weighted by Gasteiger charge is -2.06. The molecular weight excluding hydrogens is 372 g/mol. The van der Waals surface area contributed by atoms with Crippen molar-refractivity contribution in [3.05, 3.63) is 46.2 Å². The fourth-order valence-electron chi connectivity index (χ4n) is 2.14. The predicted octanol–water partition coefficient (Wildman–Crippen LogP) is 2.18. The number of hydrogen-bond donors (Lipinski definition) is 2. The van der Waals surface area contributed by atoms with Gasteiger partial charge < -0.3 is 19.9 Å². The molecule has 0 saturated heterocycles. The van der Waals surface area contributed by atoms with E-state index in [-0.39, 0.29) is 30.8 Å². The van der Waals surface area contributed by atoms with Crippen molar-refractivity contribution in [2.45, 2.75) is 26.2 Å². The van der Waals surface area contributed by atoms with Gasteiger partial charge in [0, 0.05) is 36.7 Å². The van der Waals surface area contributed by atoms with Crippen molar-refractivity contribution >= 4 is 35.0 Å². The third-order valence-electron chi connectivity index (χ3n) is 3.39. The van der Waals surface area contributed by atoms with Crippen LogP contribution >= 0.6 is 0 Å². The molecule has 2 rings (SSSR count). The van der Waals surface area contributed by atoms with E-state index in [0.717, 1.165) is 0 Å². The summed E-state index contributed by atoms with van der Waals surface area (Å²) in [4.78, 5) is 45.2. The Morgan fingerprint density at radius 1 is 1.18 bits per heavy atom. The molecule has 148 valence electrons. The quantitative estimate of drug-likeness (QED) is 0.375. The van der Waals surface area contributed by atoms with E-state index >= 15 is 0 Å². The topological polar surface area (TPSA) is 154 Å². The van der Waals surface area contributed by atoms with Gasteiger partial charge >= 0.3 is 5.97 Å². The largest absolute Gasteiger partial charge is 0.456 e. The summed E-state index contributed by atoms with van der Waals surface area (Å²) in [6.07, 6.45) is 0.157. The molecule has 11 nitrogen and oxygen atoms in total. The first-order valence-corrected chi connectivity index (χ1v) is 8.26. The van der Waals surface area contributed by atoms with Crippen LogP contribution in [0.2, 0.25) is 0 Å². The second-order valence-electron chi connectivity index (χ2n) is 5.74. The molecular formula is C17H18N4O7. The van der Waals surface area contributed by atoms with Gasteiger partial charge in [0.05, 0.1) is 4.92 Å². The minimum absolute atomic E-state index is 0.0161. The van der Waals surface area contributed by atoms with Gasteiger partial charge in [-0.05, 0) is 19.4 Å². The molecule has 0 fully saturated rings. The van der Waals surface area contributed by atoms with E-state index in [0.29, 0.717) is 11.4 Å². The number of rotatable bonds is 9. The minimum Gasteiger partial charge on any atom is -0.456 e.